The summed E-state index contributed by atoms with van der Waals surface area (Å²) in [6, 6.07) is 0. The molecule has 76 heavy (non-hydrogen) atoms. The van der Waals surface area contributed by atoms with Crippen molar-refractivity contribution in [2.24, 2.45) is 50.2 Å². The summed E-state index contributed by atoms with van der Waals surface area (Å²) in [5, 5.41) is 142. The minimum absolute atomic E-state index is 0.0748. The zero-order valence-electron chi connectivity index (χ0n) is 44.9. The van der Waals surface area contributed by atoms with Crippen molar-refractivity contribution < 1.29 is 109 Å². The van der Waals surface area contributed by atoms with Gasteiger partial charge in [0.05, 0.1) is 50.8 Å². The third kappa shape index (κ3) is 8.71. The van der Waals surface area contributed by atoms with Crippen LogP contribution in [0.25, 0.3) is 0 Å². The molecule has 2 bridgehead atoms. The molecular weight excluding hydrogens is 1000 g/mol. The Bertz CT molecular complexity index is 2080. The average molecular weight is 1090 g/mol. The fourth-order valence-corrected chi connectivity index (χ4v) is 17.2. The summed E-state index contributed by atoms with van der Waals surface area (Å²) in [6.45, 7) is 13.7. The molecule has 5 heterocycles. The van der Waals surface area contributed by atoms with Gasteiger partial charge >= 0.3 is 0 Å². The topological polar surface area (TPSA) is 346 Å². The second-order valence-electron chi connectivity index (χ2n) is 26.5. The second kappa shape index (κ2) is 20.6. The molecular formula is C54H88O22. The SMILES string of the molecule is CC1OC(OC2CCC3(C)C(CCC4(C)C3C=CC35OCC6(CCC(C)(C)CC63)CCC45C)C2(C)CO)C(OC2OC(CO)C(O)C(O)C2O)C(OC2OC(CO)C(OC3OC(CO)C(O)C(O)C3O)C(O)C2O)C1O. The second-order valence-corrected chi connectivity index (χ2v) is 26.5. The minimum Gasteiger partial charge on any atom is -0.396 e. The number of aliphatic hydroxyl groups is 13. The Balaban J connectivity index is 0.930. The Morgan fingerprint density at radius 1 is 0.513 bits per heavy atom. The van der Waals surface area contributed by atoms with Crippen LogP contribution in [0.2, 0.25) is 0 Å². The molecule has 0 aromatic rings. The summed E-state index contributed by atoms with van der Waals surface area (Å²) in [5.41, 5.74) is -1.43. The van der Waals surface area contributed by atoms with Crippen molar-refractivity contribution in [3.63, 3.8) is 0 Å². The van der Waals surface area contributed by atoms with Crippen molar-refractivity contribution >= 4 is 0 Å². The van der Waals surface area contributed by atoms with Crippen LogP contribution in [0.1, 0.15) is 106 Å². The fourth-order valence-electron chi connectivity index (χ4n) is 17.2. The lowest BCUT2D eigenvalue weighted by Crippen LogP contribution is -2.71. The van der Waals surface area contributed by atoms with Crippen molar-refractivity contribution in [1.82, 2.24) is 0 Å². The van der Waals surface area contributed by atoms with Gasteiger partial charge in [-0.2, -0.15) is 0 Å². The molecule has 436 valence electrons. The molecule has 10 rings (SSSR count). The lowest BCUT2D eigenvalue weighted by Gasteiger charge is -2.73. The zero-order valence-corrected chi connectivity index (χ0v) is 44.9. The number of ether oxygens (including phenoxy) is 9. The Hall–Kier alpha value is -1.14. The van der Waals surface area contributed by atoms with E-state index in [-0.39, 0.29) is 51.1 Å². The molecule has 13 N–H and O–H groups in total. The molecule has 0 amide bonds. The van der Waals surface area contributed by atoms with Crippen molar-refractivity contribution in [2.45, 2.75) is 241 Å². The molecule has 30 unspecified atom stereocenters. The molecule has 30 atom stereocenters. The van der Waals surface area contributed by atoms with E-state index in [1.807, 2.05) is 6.92 Å². The first kappa shape index (κ1) is 58.1. The van der Waals surface area contributed by atoms with Crippen LogP contribution in [-0.4, -0.2) is 234 Å². The van der Waals surface area contributed by atoms with Crippen molar-refractivity contribution in [3.05, 3.63) is 12.2 Å². The molecule has 4 saturated carbocycles. The predicted molar refractivity (Wildman–Crippen MR) is 261 cm³/mol. The monoisotopic (exact) mass is 1090 g/mol. The van der Waals surface area contributed by atoms with E-state index in [2.05, 4.69) is 46.8 Å². The van der Waals surface area contributed by atoms with E-state index in [1.165, 1.54) is 19.8 Å². The quantitative estimate of drug-likeness (QED) is 0.0778. The standard InChI is InChI=1S/C54H88O22/c1-24-32(59)42(75-46-40(67)37(64)41(27(21-57)72-46)74-44-38(65)35(62)33(60)25(19-55)70-44)43(76-45-39(66)36(63)34(61)26(20-56)71-45)47(69-24)73-31-10-11-49(4)28(50(31,5)22-58)8-12-51(6)29(49)9-13-54-30-18-48(2,3)14-16-53(30,23-68-54)17-15-52(51,54)7/h9,13,24-47,55-67H,8,10-12,14-23H2,1-7H3. The normalized spacial score (nSPS) is 57.7. The van der Waals surface area contributed by atoms with Gasteiger partial charge in [0, 0.05) is 16.7 Å². The zero-order chi connectivity index (χ0) is 55.0. The van der Waals surface area contributed by atoms with Crippen LogP contribution in [0.15, 0.2) is 12.2 Å². The van der Waals surface area contributed by atoms with E-state index in [0.717, 1.165) is 38.7 Å². The number of allylic oxidation sites excluding steroid dienone is 1. The van der Waals surface area contributed by atoms with Crippen LogP contribution in [0.3, 0.4) is 0 Å². The molecule has 0 aromatic heterocycles. The lowest BCUT2D eigenvalue weighted by molar-refractivity contribution is -0.403. The van der Waals surface area contributed by atoms with E-state index in [9.17, 15) is 66.4 Å². The summed E-state index contributed by atoms with van der Waals surface area (Å²) in [4.78, 5) is 0. The number of fused-ring (bicyclic) bond motifs is 4. The maximum absolute atomic E-state index is 12.0. The highest BCUT2D eigenvalue weighted by Gasteiger charge is 2.77. The number of aliphatic hydroxyl groups excluding tert-OH is 13. The van der Waals surface area contributed by atoms with Crippen molar-refractivity contribution in [3.8, 4) is 0 Å². The fraction of sp³-hybridized carbons (Fsp3) is 0.963. The van der Waals surface area contributed by atoms with E-state index in [1.54, 1.807) is 0 Å². The molecule has 5 saturated heterocycles. The van der Waals surface area contributed by atoms with Gasteiger partial charge < -0.3 is 109 Å². The van der Waals surface area contributed by atoms with Crippen LogP contribution in [0.4, 0.5) is 0 Å². The Kier molecular flexibility index (Phi) is 15.8. The van der Waals surface area contributed by atoms with Gasteiger partial charge in [-0.3, -0.25) is 0 Å². The molecule has 0 radical (unpaired) electrons. The van der Waals surface area contributed by atoms with Crippen molar-refractivity contribution in [1.29, 1.82) is 0 Å². The molecule has 22 nitrogen and oxygen atoms in total. The van der Waals surface area contributed by atoms with Gasteiger partial charge in [0.25, 0.3) is 0 Å². The highest BCUT2D eigenvalue weighted by molar-refractivity contribution is 5.35. The van der Waals surface area contributed by atoms with Gasteiger partial charge in [-0.25, -0.2) is 0 Å². The summed E-state index contributed by atoms with van der Waals surface area (Å²) in [5.74, 6) is 0.494. The van der Waals surface area contributed by atoms with Gasteiger partial charge in [-0.1, -0.05) is 53.7 Å². The van der Waals surface area contributed by atoms with E-state index >= 15 is 0 Å². The van der Waals surface area contributed by atoms with Crippen molar-refractivity contribution in [2.75, 3.05) is 33.0 Å². The Labute approximate surface area is 444 Å². The summed E-state index contributed by atoms with van der Waals surface area (Å²) in [7, 11) is 0. The third-order valence-corrected chi connectivity index (χ3v) is 22.1. The van der Waals surface area contributed by atoms with Crippen LogP contribution in [-0.2, 0) is 42.6 Å². The summed E-state index contributed by atoms with van der Waals surface area (Å²) in [6.07, 6.45) is -21.5. The molecule has 22 heteroatoms. The molecule has 0 aromatic carbocycles. The average Bonchev–Trinajstić information content (AvgIpc) is 3.63. The molecule has 9 fully saturated rings. The van der Waals surface area contributed by atoms with E-state index in [0.29, 0.717) is 18.8 Å². The van der Waals surface area contributed by atoms with Gasteiger partial charge in [-0.05, 0) is 98.2 Å². The van der Waals surface area contributed by atoms with Crippen LogP contribution >= 0.6 is 0 Å². The first-order chi connectivity index (χ1) is 35.7. The first-order valence-electron chi connectivity index (χ1n) is 27.9. The summed E-state index contributed by atoms with van der Waals surface area (Å²) >= 11 is 0. The highest BCUT2D eigenvalue weighted by atomic mass is 16.8. The molecule has 5 aliphatic heterocycles. The van der Waals surface area contributed by atoms with Crippen LogP contribution in [0, 0.1) is 50.2 Å². The van der Waals surface area contributed by atoms with E-state index in [4.69, 9.17) is 42.6 Å². The Morgan fingerprint density at radius 2 is 1.07 bits per heavy atom. The van der Waals surface area contributed by atoms with Gasteiger partial charge in [0.2, 0.25) is 0 Å². The maximum Gasteiger partial charge on any atom is 0.187 e. The van der Waals surface area contributed by atoms with Gasteiger partial charge in [0.1, 0.15) is 91.6 Å². The van der Waals surface area contributed by atoms with Gasteiger partial charge in [0.15, 0.2) is 25.2 Å². The molecule has 10 aliphatic rings. The first-order valence-corrected chi connectivity index (χ1v) is 27.9. The Morgan fingerprint density at radius 3 is 1.66 bits per heavy atom. The minimum atomic E-state index is -2.04. The van der Waals surface area contributed by atoms with Crippen LogP contribution < -0.4 is 0 Å². The predicted octanol–water partition coefficient (Wildman–Crippen LogP) is -1.55. The summed E-state index contributed by atoms with van der Waals surface area (Å²) < 4.78 is 56.4. The highest BCUT2D eigenvalue weighted by Crippen LogP contribution is 2.79. The lowest BCUT2D eigenvalue weighted by atomic mass is 9.32. The van der Waals surface area contributed by atoms with Gasteiger partial charge in [-0.15, -0.1) is 0 Å². The van der Waals surface area contributed by atoms with Crippen LogP contribution in [0.5, 0.6) is 0 Å². The maximum atomic E-state index is 12.0. The largest absolute Gasteiger partial charge is 0.396 e. The smallest absolute Gasteiger partial charge is 0.187 e. The molecule has 5 aliphatic carbocycles. The third-order valence-electron chi connectivity index (χ3n) is 22.1. The number of hydrogen-bond donors (Lipinski definition) is 13. The number of rotatable bonds is 12. The number of hydrogen-bond acceptors (Lipinski definition) is 22. The molecule has 1 spiro atoms. The van der Waals surface area contributed by atoms with E-state index < -0.39 is 154 Å².